The topological polar surface area (TPSA) is 15.3 Å². The molecule has 3 rings (SSSR count). The summed E-state index contributed by atoms with van der Waals surface area (Å²) in [6.07, 6.45) is 10.0. The Morgan fingerprint density at radius 2 is 1.89 bits per heavy atom. The SMILES string of the molecule is CC(C)C1CCCC(NC2CCN3CCCC23)C1. The van der Waals surface area contributed by atoms with Gasteiger partial charge in [0.1, 0.15) is 0 Å². The van der Waals surface area contributed by atoms with Crippen molar-refractivity contribution in [2.24, 2.45) is 11.8 Å². The van der Waals surface area contributed by atoms with E-state index in [-0.39, 0.29) is 0 Å². The molecule has 18 heavy (non-hydrogen) atoms. The molecular weight excluding hydrogens is 220 g/mol. The molecule has 2 nitrogen and oxygen atoms in total. The minimum atomic E-state index is 0.809. The van der Waals surface area contributed by atoms with Gasteiger partial charge in [-0.1, -0.05) is 26.7 Å². The van der Waals surface area contributed by atoms with Crippen molar-refractivity contribution in [3.05, 3.63) is 0 Å². The van der Waals surface area contributed by atoms with Crippen LogP contribution >= 0.6 is 0 Å². The Morgan fingerprint density at radius 1 is 1.00 bits per heavy atom. The molecule has 2 heterocycles. The zero-order valence-electron chi connectivity index (χ0n) is 12.2. The minimum absolute atomic E-state index is 0.809. The Labute approximate surface area is 113 Å². The molecular formula is C16H30N2. The second kappa shape index (κ2) is 5.50. The van der Waals surface area contributed by atoms with Crippen LogP contribution in [0.4, 0.5) is 0 Å². The number of rotatable bonds is 3. The molecule has 1 N–H and O–H groups in total. The highest BCUT2D eigenvalue weighted by atomic mass is 15.2. The molecule has 1 aliphatic carbocycles. The van der Waals surface area contributed by atoms with Crippen molar-refractivity contribution in [1.82, 2.24) is 10.2 Å². The average Bonchev–Trinajstić information content (AvgIpc) is 2.94. The van der Waals surface area contributed by atoms with E-state index in [1.807, 2.05) is 0 Å². The Hall–Kier alpha value is -0.0800. The first kappa shape index (κ1) is 12.9. The van der Waals surface area contributed by atoms with Crippen molar-refractivity contribution in [3.63, 3.8) is 0 Å². The lowest BCUT2D eigenvalue weighted by atomic mass is 9.79. The van der Waals surface area contributed by atoms with Crippen LogP contribution in [0.3, 0.4) is 0 Å². The summed E-state index contributed by atoms with van der Waals surface area (Å²) in [6, 6.07) is 2.50. The quantitative estimate of drug-likeness (QED) is 0.828. The smallest absolute Gasteiger partial charge is 0.0250 e. The molecule has 4 unspecified atom stereocenters. The standard InChI is InChI=1S/C16H30N2/c1-12(2)13-5-3-6-14(11-13)17-15-8-10-18-9-4-7-16(15)18/h12-17H,3-11H2,1-2H3. The van der Waals surface area contributed by atoms with E-state index in [0.717, 1.165) is 30.0 Å². The molecule has 2 saturated heterocycles. The normalized spacial score (nSPS) is 41.5. The van der Waals surface area contributed by atoms with Gasteiger partial charge < -0.3 is 5.32 Å². The zero-order chi connectivity index (χ0) is 12.5. The van der Waals surface area contributed by atoms with Crippen molar-refractivity contribution < 1.29 is 0 Å². The fourth-order valence-corrected chi connectivity index (χ4v) is 4.56. The van der Waals surface area contributed by atoms with Crippen LogP contribution in [0.5, 0.6) is 0 Å². The Bertz CT molecular complexity index is 276. The number of fused-ring (bicyclic) bond motifs is 1. The van der Waals surface area contributed by atoms with Crippen LogP contribution < -0.4 is 5.32 Å². The van der Waals surface area contributed by atoms with E-state index in [9.17, 15) is 0 Å². The van der Waals surface area contributed by atoms with Gasteiger partial charge in [-0.25, -0.2) is 0 Å². The van der Waals surface area contributed by atoms with Gasteiger partial charge >= 0.3 is 0 Å². The molecule has 1 saturated carbocycles. The third kappa shape index (κ3) is 2.60. The molecule has 3 fully saturated rings. The van der Waals surface area contributed by atoms with Crippen LogP contribution in [0, 0.1) is 11.8 Å². The van der Waals surface area contributed by atoms with Gasteiger partial charge in [-0.05, 0) is 50.5 Å². The lowest BCUT2D eigenvalue weighted by Gasteiger charge is -2.35. The van der Waals surface area contributed by atoms with Gasteiger partial charge in [-0.2, -0.15) is 0 Å². The van der Waals surface area contributed by atoms with E-state index in [4.69, 9.17) is 0 Å². The monoisotopic (exact) mass is 250 g/mol. The fraction of sp³-hybridized carbons (Fsp3) is 1.00. The molecule has 4 atom stereocenters. The van der Waals surface area contributed by atoms with E-state index in [1.54, 1.807) is 0 Å². The zero-order valence-corrected chi connectivity index (χ0v) is 12.2. The highest BCUT2D eigenvalue weighted by Crippen LogP contribution is 2.33. The Morgan fingerprint density at radius 3 is 2.72 bits per heavy atom. The van der Waals surface area contributed by atoms with Gasteiger partial charge in [0.15, 0.2) is 0 Å². The van der Waals surface area contributed by atoms with Crippen LogP contribution in [-0.4, -0.2) is 36.1 Å². The molecule has 0 radical (unpaired) electrons. The maximum atomic E-state index is 4.03. The van der Waals surface area contributed by atoms with Crippen LogP contribution in [0.25, 0.3) is 0 Å². The first-order valence-corrected chi connectivity index (χ1v) is 8.24. The predicted octanol–water partition coefficient (Wildman–Crippen LogP) is 3.03. The molecule has 0 aromatic carbocycles. The van der Waals surface area contributed by atoms with Crippen LogP contribution in [0.15, 0.2) is 0 Å². The molecule has 0 amide bonds. The van der Waals surface area contributed by atoms with Crippen LogP contribution in [0.2, 0.25) is 0 Å². The third-order valence-corrected chi connectivity index (χ3v) is 5.71. The van der Waals surface area contributed by atoms with Crippen LogP contribution in [0.1, 0.15) is 58.8 Å². The fourth-order valence-electron chi connectivity index (χ4n) is 4.56. The number of nitrogens with zero attached hydrogens (tertiary/aromatic N) is 1. The summed E-state index contributed by atoms with van der Waals surface area (Å²) in [5.41, 5.74) is 0. The molecule has 0 bridgehead atoms. The molecule has 0 spiro atoms. The Balaban J connectivity index is 1.53. The summed E-state index contributed by atoms with van der Waals surface area (Å²) in [5, 5.41) is 4.03. The summed E-state index contributed by atoms with van der Waals surface area (Å²) in [6.45, 7) is 7.52. The highest BCUT2D eigenvalue weighted by Gasteiger charge is 2.38. The van der Waals surface area contributed by atoms with Gasteiger partial charge in [0.05, 0.1) is 0 Å². The second-order valence-corrected chi connectivity index (χ2v) is 7.18. The highest BCUT2D eigenvalue weighted by molar-refractivity contribution is 4.97. The summed E-state index contributed by atoms with van der Waals surface area (Å²) in [7, 11) is 0. The van der Waals surface area contributed by atoms with Gasteiger partial charge in [-0.3, -0.25) is 4.90 Å². The maximum Gasteiger partial charge on any atom is 0.0250 e. The first-order valence-electron chi connectivity index (χ1n) is 8.24. The molecule has 0 aromatic rings. The minimum Gasteiger partial charge on any atom is -0.310 e. The van der Waals surface area contributed by atoms with Crippen molar-refractivity contribution in [3.8, 4) is 0 Å². The average molecular weight is 250 g/mol. The van der Waals surface area contributed by atoms with E-state index in [2.05, 4.69) is 24.1 Å². The van der Waals surface area contributed by atoms with Gasteiger partial charge in [-0.15, -0.1) is 0 Å². The predicted molar refractivity (Wildman–Crippen MR) is 76.7 cm³/mol. The van der Waals surface area contributed by atoms with Crippen molar-refractivity contribution >= 4 is 0 Å². The molecule has 2 heteroatoms. The molecule has 0 aromatic heterocycles. The molecule has 104 valence electrons. The first-order chi connectivity index (χ1) is 8.74. The maximum absolute atomic E-state index is 4.03. The second-order valence-electron chi connectivity index (χ2n) is 7.18. The summed E-state index contributed by atoms with van der Waals surface area (Å²) >= 11 is 0. The van der Waals surface area contributed by atoms with Crippen LogP contribution in [-0.2, 0) is 0 Å². The number of hydrogen-bond donors (Lipinski definition) is 1. The van der Waals surface area contributed by atoms with Crippen molar-refractivity contribution in [2.45, 2.75) is 76.9 Å². The van der Waals surface area contributed by atoms with Gasteiger partial charge in [0.2, 0.25) is 0 Å². The number of hydrogen-bond acceptors (Lipinski definition) is 2. The number of nitrogens with one attached hydrogen (secondary N) is 1. The summed E-state index contributed by atoms with van der Waals surface area (Å²) in [5.74, 6) is 1.85. The van der Waals surface area contributed by atoms with E-state index in [0.29, 0.717) is 0 Å². The van der Waals surface area contributed by atoms with Gasteiger partial charge in [0.25, 0.3) is 0 Å². The van der Waals surface area contributed by atoms with E-state index < -0.39 is 0 Å². The molecule has 3 aliphatic rings. The van der Waals surface area contributed by atoms with Gasteiger partial charge in [0, 0.05) is 24.7 Å². The third-order valence-electron chi connectivity index (χ3n) is 5.71. The summed E-state index contributed by atoms with van der Waals surface area (Å²) < 4.78 is 0. The Kier molecular flexibility index (Phi) is 3.95. The largest absolute Gasteiger partial charge is 0.310 e. The van der Waals surface area contributed by atoms with E-state index >= 15 is 0 Å². The van der Waals surface area contributed by atoms with E-state index in [1.165, 1.54) is 58.0 Å². The molecule has 2 aliphatic heterocycles. The lowest BCUT2D eigenvalue weighted by Crippen LogP contribution is -2.46. The lowest BCUT2D eigenvalue weighted by molar-refractivity contribution is 0.208. The van der Waals surface area contributed by atoms with Crippen molar-refractivity contribution in [1.29, 1.82) is 0 Å². The summed E-state index contributed by atoms with van der Waals surface area (Å²) in [4.78, 5) is 2.72. The van der Waals surface area contributed by atoms with Crippen molar-refractivity contribution in [2.75, 3.05) is 13.1 Å².